The van der Waals surface area contributed by atoms with Gasteiger partial charge >= 0.3 is 5.97 Å². The van der Waals surface area contributed by atoms with Gasteiger partial charge in [-0.1, -0.05) is 56.6 Å². The van der Waals surface area contributed by atoms with Gasteiger partial charge in [0, 0.05) is 10.6 Å². The molecule has 0 aliphatic carbocycles. The summed E-state index contributed by atoms with van der Waals surface area (Å²) in [4.78, 5) is 23.7. The maximum Gasteiger partial charge on any atom is 0.305 e. The summed E-state index contributed by atoms with van der Waals surface area (Å²) >= 11 is 5.87. The Morgan fingerprint density at radius 2 is 1.60 bits per heavy atom. The lowest BCUT2D eigenvalue weighted by Gasteiger charge is -2.20. The topological polar surface area (TPSA) is 66.4 Å². The largest absolute Gasteiger partial charge is 0.481 e. The summed E-state index contributed by atoms with van der Waals surface area (Å²) in [6.07, 6.45) is -0.201. The van der Waals surface area contributed by atoms with Gasteiger partial charge in [0.1, 0.15) is 0 Å². The molecule has 0 saturated carbocycles. The van der Waals surface area contributed by atoms with Crippen molar-refractivity contribution in [2.24, 2.45) is 0 Å². The lowest BCUT2D eigenvalue weighted by Crippen LogP contribution is -2.30. The lowest BCUT2D eigenvalue weighted by atomic mass is 9.86. The number of carboxylic acid groups (broad SMARTS) is 1. The first-order chi connectivity index (χ1) is 11.7. The average Bonchev–Trinajstić information content (AvgIpc) is 2.54. The molecule has 0 aromatic heterocycles. The molecule has 25 heavy (non-hydrogen) atoms. The summed E-state index contributed by atoms with van der Waals surface area (Å²) in [5, 5.41) is 12.5. The van der Waals surface area contributed by atoms with Crippen molar-refractivity contribution in [3.8, 4) is 0 Å². The number of benzene rings is 2. The summed E-state index contributed by atoms with van der Waals surface area (Å²) in [6, 6.07) is 13.5. The first-order valence-electron chi connectivity index (χ1n) is 8.05. The maximum absolute atomic E-state index is 12.5. The third-order valence-corrected chi connectivity index (χ3v) is 4.22. The Morgan fingerprint density at radius 1 is 1.04 bits per heavy atom. The summed E-state index contributed by atoms with van der Waals surface area (Å²) in [6.45, 7) is 6.31. The van der Waals surface area contributed by atoms with Crippen molar-refractivity contribution in [1.29, 1.82) is 0 Å². The summed E-state index contributed by atoms with van der Waals surface area (Å²) in [5.74, 6) is -1.29. The number of hydrogen-bond acceptors (Lipinski definition) is 2. The van der Waals surface area contributed by atoms with Crippen LogP contribution in [0, 0.1) is 0 Å². The lowest BCUT2D eigenvalue weighted by molar-refractivity contribution is -0.137. The molecule has 5 heteroatoms. The van der Waals surface area contributed by atoms with Gasteiger partial charge in [-0.2, -0.15) is 0 Å². The van der Waals surface area contributed by atoms with Crippen LogP contribution < -0.4 is 5.32 Å². The second kappa shape index (κ2) is 7.70. The fraction of sp³-hybridized carbons (Fsp3) is 0.300. The van der Waals surface area contributed by atoms with Gasteiger partial charge in [-0.25, -0.2) is 0 Å². The smallest absolute Gasteiger partial charge is 0.305 e. The molecule has 0 aliphatic rings. The van der Waals surface area contributed by atoms with E-state index in [4.69, 9.17) is 16.7 Å². The molecule has 0 bridgehead atoms. The molecule has 0 fully saturated rings. The quantitative estimate of drug-likeness (QED) is 0.820. The monoisotopic (exact) mass is 359 g/mol. The minimum Gasteiger partial charge on any atom is -0.481 e. The van der Waals surface area contributed by atoms with Gasteiger partial charge in [0.25, 0.3) is 5.91 Å². The fourth-order valence-corrected chi connectivity index (χ4v) is 2.61. The van der Waals surface area contributed by atoms with E-state index in [0.717, 1.165) is 5.56 Å². The van der Waals surface area contributed by atoms with Crippen molar-refractivity contribution in [3.63, 3.8) is 0 Å². The van der Waals surface area contributed by atoms with E-state index in [-0.39, 0.29) is 17.7 Å². The maximum atomic E-state index is 12.5. The van der Waals surface area contributed by atoms with Crippen molar-refractivity contribution < 1.29 is 14.7 Å². The first kappa shape index (κ1) is 19.0. The van der Waals surface area contributed by atoms with E-state index in [1.807, 2.05) is 12.1 Å². The Morgan fingerprint density at radius 3 is 2.08 bits per heavy atom. The molecule has 1 unspecified atom stereocenters. The zero-order valence-corrected chi connectivity index (χ0v) is 15.3. The van der Waals surface area contributed by atoms with Gasteiger partial charge in [-0.15, -0.1) is 0 Å². The third-order valence-electron chi connectivity index (χ3n) is 3.97. The van der Waals surface area contributed by atoms with Gasteiger partial charge in [-0.05, 0) is 40.8 Å². The number of rotatable bonds is 5. The molecule has 2 N–H and O–H groups in total. The number of amides is 1. The predicted octanol–water partition coefficient (Wildman–Crippen LogP) is 4.58. The Balaban J connectivity index is 2.19. The molecule has 0 radical (unpaired) electrons. The van der Waals surface area contributed by atoms with E-state index in [2.05, 4.69) is 26.1 Å². The van der Waals surface area contributed by atoms with Crippen LogP contribution in [-0.4, -0.2) is 17.0 Å². The second-order valence-corrected chi connectivity index (χ2v) is 7.44. The Bertz CT molecular complexity index is 746. The van der Waals surface area contributed by atoms with Crippen LogP contribution >= 0.6 is 11.6 Å². The van der Waals surface area contributed by atoms with E-state index in [1.54, 1.807) is 36.4 Å². The minimum atomic E-state index is -0.983. The van der Waals surface area contributed by atoms with Crippen LogP contribution in [0.1, 0.15) is 54.7 Å². The van der Waals surface area contributed by atoms with Crippen LogP contribution in [0.3, 0.4) is 0 Å². The number of nitrogens with one attached hydrogen (secondary N) is 1. The van der Waals surface area contributed by atoms with Crippen LogP contribution in [0.15, 0.2) is 48.5 Å². The van der Waals surface area contributed by atoms with Crippen molar-refractivity contribution >= 4 is 23.5 Å². The predicted molar refractivity (Wildman–Crippen MR) is 99.1 cm³/mol. The van der Waals surface area contributed by atoms with Crippen LogP contribution in [-0.2, 0) is 10.2 Å². The Kier molecular flexibility index (Phi) is 5.85. The number of hydrogen-bond donors (Lipinski definition) is 2. The van der Waals surface area contributed by atoms with Crippen LogP contribution in [0.2, 0.25) is 5.02 Å². The van der Waals surface area contributed by atoms with E-state index in [1.165, 1.54) is 0 Å². The second-order valence-electron chi connectivity index (χ2n) is 7.00. The molecule has 1 amide bonds. The number of carbonyl (C=O) groups excluding carboxylic acids is 1. The molecule has 0 heterocycles. The molecular weight excluding hydrogens is 338 g/mol. The zero-order valence-electron chi connectivity index (χ0n) is 14.5. The minimum absolute atomic E-state index is 0.00412. The summed E-state index contributed by atoms with van der Waals surface area (Å²) in [5.41, 5.74) is 2.33. The molecule has 0 saturated heterocycles. The average molecular weight is 360 g/mol. The number of aliphatic carboxylic acids is 1. The molecule has 0 spiro atoms. The van der Waals surface area contributed by atoms with Gasteiger partial charge < -0.3 is 10.4 Å². The highest BCUT2D eigenvalue weighted by molar-refractivity contribution is 6.30. The van der Waals surface area contributed by atoms with Gasteiger partial charge in [-0.3, -0.25) is 9.59 Å². The number of halogens is 1. The molecule has 2 aromatic rings. The Hall–Kier alpha value is -2.33. The van der Waals surface area contributed by atoms with Gasteiger partial charge in [0.15, 0.2) is 0 Å². The van der Waals surface area contributed by atoms with Gasteiger partial charge in [0.2, 0.25) is 0 Å². The Labute approximate surface area is 152 Å². The molecule has 1 atom stereocenters. The molecule has 0 aliphatic heterocycles. The standard InChI is InChI=1S/C20H22ClNO3/c1-20(2,3)15-8-4-14(5-9-15)19(25)22-17(12-18(23)24)13-6-10-16(21)11-7-13/h4-11,17H,12H2,1-3H3,(H,22,25)(H,23,24). The zero-order chi connectivity index (χ0) is 18.6. The van der Waals surface area contributed by atoms with E-state index < -0.39 is 12.0 Å². The fourth-order valence-electron chi connectivity index (χ4n) is 2.49. The highest BCUT2D eigenvalue weighted by Crippen LogP contribution is 2.23. The SMILES string of the molecule is CC(C)(C)c1ccc(C(=O)NC(CC(=O)O)c2ccc(Cl)cc2)cc1. The van der Waals surface area contributed by atoms with Gasteiger partial charge in [0.05, 0.1) is 12.5 Å². The van der Waals surface area contributed by atoms with E-state index in [0.29, 0.717) is 16.1 Å². The van der Waals surface area contributed by atoms with Crippen molar-refractivity contribution in [1.82, 2.24) is 5.32 Å². The van der Waals surface area contributed by atoms with Crippen LogP contribution in [0.25, 0.3) is 0 Å². The van der Waals surface area contributed by atoms with E-state index >= 15 is 0 Å². The normalized spacial score (nSPS) is 12.5. The molecule has 4 nitrogen and oxygen atoms in total. The molecule has 2 aromatic carbocycles. The summed E-state index contributed by atoms with van der Waals surface area (Å²) in [7, 11) is 0. The highest BCUT2D eigenvalue weighted by atomic mass is 35.5. The molecule has 2 rings (SSSR count). The number of carbonyl (C=O) groups is 2. The van der Waals surface area contributed by atoms with Crippen molar-refractivity contribution in [3.05, 3.63) is 70.2 Å². The highest BCUT2D eigenvalue weighted by Gasteiger charge is 2.20. The number of carboxylic acids is 1. The molecular formula is C20H22ClNO3. The molecule has 132 valence electrons. The van der Waals surface area contributed by atoms with E-state index in [9.17, 15) is 9.59 Å². The van der Waals surface area contributed by atoms with Crippen molar-refractivity contribution in [2.45, 2.75) is 38.6 Å². The van der Waals surface area contributed by atoms with Crippen LogP contribution in [0.4, 0.5) is 0 Å². The van der Waals surface area contributed by atoms with Crippen LogP contribution in [0.5, 0.6) is 0 Å². The van der Waals surface area contributed by atoms with Crippen molar-refractivity contribution in [2.75, 3.05) is 0 Å². The first-order valence-corrected chi connectivity index (χ1v) is 8.43. The summed E-state index contributed by atoms with van der Waals surface area (Å²) < 4.78 is 0. The third kappa shape index (κ3) is 5.33.